The number of ketones is 2. The molecule has 0 radical (unpaired) electrons. The molecule has 3 aliphatic rings. The van der Waals surface area contributed by atoms with Crippen molar-refractivity contribution in [2.75, 3.05) is 26.2 Å². The number of aromatic hydroxyl groups is 1. The molecule has 1 amide bonds. The Balaban J connectivity index is 1.96. The Hall–Kier alpha value is -3.41. The van der Waals surface area contributed by atoms with Gasteiger partial charge in [0.25, 0.3) is 5.91 Å². The van der Waals surface area contributed by atoms with Gasteiger partial charge in [-0.2, -0.15) is 0 Å². The number of Topliss-reactive ketones (excluding diaryl/α,β-unsaturated/α-hetero) is 2. The molecule has 3 aliphatic carbocycles. The number of hydrogen-bond acceptors (Lipinski definition) is 10. The van der Waals surface area contributed by atoms with Crippen LogP contribution in [-0.2, 0) is 20.8 Å². The highest BCUT2D eigenvalue weighted by atomic mass is 16.3. The number of phenols is 1. The van der Waals surface area contributed by atoms with E-state index in [2.05, 4.69) is 0 Å². The molecule has 11 heteroatoms. The smallest absolute Gasteiger partial charge is 0.255 e. The van der Waals surface area contributed by atoms with Gasteiger partial charge in [0.2, 0.25) is 5.78 Å². The van der Waals surface area contributed by atoms with E-state index >= 15 is 0 Å². The van der Waals surface area contributed by atoms with Gasteiger partial charge >= 0.3 is 0 Å². The molecule has 0 spiro atoms. The summed E-state index contributed by atoms with van der Waals surface area (Å²) in [7, 11) is 4.68. The lowest BCUT2D eigenvalue weighted by molar-refractivity contribution is -0.153. The van der Waals surface area contributed by atoms with Gasteiger partial charge in [-0.15, -0.1) is 0 Å². The molecule has 1 aromatic rings. The topological polar surface area (TPSA) is 191 Å². The molecule has 4 atom stereocenters. The SMILES string of the molecule is CN(N)c1cc(O)c2c(c1)C[C@H]1C[C@H]3[C@H](N(C)C)C(=O)C(C(N)=O)=C(O)[C@@]3(O)C(=O)C1=C2O. The van der Waals surface area contributed by atoms with E-state index in [9.17, 15) is 34.8 Å². The number of carbonyl (C=O) groups excluding carboxylic acids is 3. The van der Waals surface area contributed by atoms with Gasteiger partial charge in [-0.1, -0.05) is 0 Å². The maximum Gasteiger partial charge on any atom is 0.255 e. The molecular formula is C22H26N4O7. The standard InChI is InChI=1S/C22H26N4O7/c1-25(2)16-11-6-9-4-8-5-10(26(3)24)7-12(27)13(8)17(28)14(9)19(30)22(11,33)20(31)15(18(16)29)21(23)32/h5,7,9,11,16,27-28,31,33H,4,6,24H2,1-3H3,(H2,23,32)/t9-,11-,16-,22-/m0/s1. The Kier molecular flexibility index (Phi) is 5.04. The molecule has 0 heterocycles. The minimum atomic E-state index is -2.64. The molecule has 0 aliphatic heterocycles. The fourth-order valence-electron chi connectivity index (χ4n) is 5.46. The average molecular weight is 458 g/mol. The second-order valence-corrected chi connectivity index (χ2v) is 9.07. The molecule has 0 bridgehead atoms. The Labute approximate surface area is 189 Å². The first-order chi connectivity index (χ1) is 15.3. The van der Waals surface area contributed by atoms with E-state index in [1.165, 1.54) is 16.0 Å². The number of likely N-dealkylation sites (N-methyl/N-ethyl adjacent to an activating group) is 1. The predicted octanol–water partition coefficient (Wildman–Crippen LogP) is -0.726. The first-order valence-corrected chi connectivity index (χ1v) is 10.3. The fourth-order valence-corrected chi connectivity index (χ4v) is 5.46. The Morgan fingerprint density at radius 2 is 1.79 bits per heavy atom. The Bertz CT molecular complexity index is 1170. The summed E-state index contributed by atoms with van der Waals surface area (Å²) in [5, 5.41) is 45.1. The largest absolute Gasteiger partial charge is 0.508 e. The number of phenolic OH excluding ortho intramolecular Hbond substituents is 1. The molecule has 8 N–H and O–H groups in total. The summed E-state index contributed by atoms with van der Waals surface area (Å²) in [6.07, 6.45) is 0.249. The van der Waals surface area contributed by atoms with Crippen molar-refractivity contribution in [3.8, 4) is 5.75 Å². The van der Waals surface area contributed by atoms with Crippen LogP contribution in [-0.4, -0.2) is 75.6 Å². The van der Waals surface area contributed by atoms with Crippen LogP contribution in [0.25, 0.3) is 5.76 Å². The number of aliphatic hydroxyl groups is 3. The van der Waals surface area contributed by atoms with Gasteiger partial charge in [0.15, 0.2) is 11.4 Å². The number of amides is 1. The number of rotatable bonds is 3. The van der Waals surface area contributed by atoms with Gasteiger partial charge in [-0.05, 0) is 44.5 Å². The van der Waals surface area contributed by atoms with Gasteiger partial charge in [-0.3, -0.25) is 19.3 Å². The van der Waals surface area contributed by atoms with Crippen molar-refractivity contribution in [1.82, 2.24) is 4.90 Å². The van der Waals surface area contributed by atoms with Crippen LogP contribution in [0.5, 0.6) is 5.75 Å². The highest BCUT2D eigenvalue weighted by Crippen LogP contribution is 2.52. The third kappa shape index (κ3) is 2.96. The average Bonchev–Trinajstić information content (AvgIpc) is 2.69. The molecule has 1 aromatic carbocycles. The minimum Gasteiger partial charge on any atom is -0.508 e. The number of anilines is 1. The lowest BCUT2D eigenvalue weighted by Gasteiger charge is -2.50. The summed E-state index contributed by atoms with van der Waals surface area (Å²) in [5.74, 6) is -0.999. The Morgan fingerprint density at radius 3 is 2.33 bits per heavy atom. The number of aliphatic hydroxyl groups excluding tert-OH is 2. The number of benzene rings is 1. The van der Waals surface area contributed by atoms with Crippen molar-refractivity contribution in [2.45, 2.75) is 24.5 Å². The molecular weight excluding hydrogens is 432 g/mol. The van der Waals surface area contributed by atoms with Gasteiger partial charge in [0, 0.05) is 24.6 Å². The van der Waals surface area contributed by atoms with Gasteiger partial charge in [0.1, 0.15) is 22.8 Å². The van der Waals surface area contributed by atoms with E-state index in [1.54, 1.807) is 27.2 Å². The summed E-state index contributed by atoms with van der Waals surface area (Å²) < 4.78 is 0. The monoisotopic (exact) mass is 458 g/mol. The van der Waals surface area contributed by atoms with E-state index in [4.69, 9.17) is 11.6 Å². The van der Waals surface area contributed by atoms with Crippen LogP contribution in [0.15, 0.2) is 29.0 Å². The van der Waals surface area contributed by atoms with E-state index < -0.39 is 58.0 Å². The van der Waals surface area contributed by atoms with Crippen LogP contribution in [0.1, 0.15) is 17.5 Å². The van der Waals surface area contributed by atoms with Crippen LogP contribution in [0.4, 0.5) is 5.69 Å². The molecule has 11 nitrogen and oxygen atoms in total. The third-order valence-electron chi connectivity index (χ3n) is 6.92. The summed E-state index contributed by atoms with van der Waals surface area (Å²) in [6.45, 7) is 0. The Morgan fingerprint density at radius 1 is 1.15 bits per heavy atom. The van der Waals surface area contributed by atoms with E-state index in [1.807, 2.05) is 0 Å². The summed E-state index contributed by atoms with van der Waals surface area (Å²) in [5.41, 5.74) is 2.66. The number of hydrazine groups is 1. The molecule has 0 unspecified atom stereocenters. The molecule has 176 valence electrons. The molecule has 1 saturated carbocycles. The van der Waals surface area contributed by atoms with Crippen LogP contribution in [0, 0.1) is 11.8 Å². The van der Waals surface area contributed by atoms with Crippen LogP contribution in [0.3, 0.4) is 0 Å². The van der Waals surface area contributed by atoms with Crippen molar-refractivity contribution in [2.24, 2.45) is 23.4 Å². The first kappa shape index (κ1) is 22.8. The lowest BCUT2D eigenvalue weighted by atomic mass is 9.57. The first-order valence-electron chi connectivity index (χ1n) is 10.3. The highest BCUT2D eigenvalue weighted by Gasteiger charge is 2.64. The maximum atomic E-state index is 13.6. The second-order valence-electron chi connectivity index (χ2n) is 9.07. The summed E-state index contributed by atoms with van der Waals surface area (Å²) in [4.78, 5) is 40.0. The lowest BCUT2D eigenvalue weighted by Crippen LogP contribution is -2.65. The number of fused-ring (bicyclic) bond motifs is 3. The minimum absolute atomic E-state index is 0.0249. The summed E-state index contributed by atoms with van der Waals surface area (Å²) in [6, 6.07) is 1.88. The molecule has 0 saturated heterocycles. The van der Waals surface area contributed by atoms with E-state index in [-0.39, 0.29) is 29.7 Å². The molecule has 0 aromatic heterocycles. The number of nitrogens with zero attached hydrogens (tertiary/aromatic N) is 2. The number of primary amides is 1. The fraction of sp³-hybridized carbons (Fsp3) is 0.409. The quantitative estimate of drug-likeness (QED) is 0.191. The maximum absolute atomic E-state index is 13.6. The number of carbonyl (C=O) groups is 3. The van der Waals surface area contributed by atoms with Crippen LogP contribution >= 0.6 is 0 Å². The second kappa shape index (κ2) is 7.30. The third-order valence-corrected chi connectivity index (χ3v) is 6.92. The normalized spacial score (nSPS) is 29.1. The summed E-state index contributed by atoms with van der Waals surface area (Å²) >= 11 is 0. The highest BCUT2D eigenvalue weighted by molar-refractivity contribution is 6.24. The molecule has 1 fully saturated rings. The zero-order chi connectivity index (χ0) is 24.6. The molecule has 4 rings (SSSR count). The number of nitrogens with two attached hydrogens (primary N) is 2. The van der Waals surface area contributed by atoms with Gasteiger partial charge in [-0.25, -0.2) is 5.84 Å². The van der Waals surface area contributed by atoms with Crippen molar-refractivity contribution in [3.63, 3.8) is 0 Å². The zero-order valence-electron chi connectivity index (χ0n) is 18.4. The van der Waals surface area contributed by atoms with Crippen molar-refractivity contribution < 1.29 is 34.8 Å². The van der Waals surface area contributed by atoms with Gasteiger partial charge in [0.05, 0.1) is 17.3 Å². The molecule has 33 heavy (non-hydrogen) atoms. The predicted molar refractivity (Wildman–Crippen MR) is 117 cm³/mol. The van der Waals surface area contributed by atoms with E-state index in [0.717, 1.165) is 0 Å². The van der Waals surface area contributed by atoms with E-state index in [0.29, 0.717) is 11.3 Å². The van der Waals surface area contributed by atoms with Crippen molar-refractivity contribution in [3.05, 3.63) is 40.2 Å². The van der Waals surface area contributed by atoms with Crippen molar-refractivity contribution >= 4 is 28.9 Å². The number of hydrogen-bond donors (Lipinski definition) is 6. The van der Waals surface area contributed by atoms with Crippen LogP contribution in [0.2, 0.25) is 0 Å². The van der Waals surface area contributed by atoms with Gasteiger partial charge < -0.3 is 31.2 Å². The zero-order valence-corrected chi connectivity index (χ0v) is 18.4. The van der Waals surface area contributed by atoms with Crippen molar-refractivity contribution in [1.29, 1.82) is 0 Å². The van der Waals surface area contributed by atoms with Crippen LogP contribution < -0.4 is 16.6 Å².